The molecule has 1 aromatic carbocycles. The molecule has 162 valence electrons. The minimum absolute atomic E-state index is 0.00380. The molecule has 1 aromatic heterocycles. The smallest absolute Gasteiger partial charge is 0.320 e. The van der Waals surface area contributed by atoms with Crippen molar-refractivity contribution >= 4 is 6.03 Å². The molecule has 0 saturated carbocycles. The van der Waals surface area contributed by atoms with Crippen LogP contribution in [-0.4, -0.2) is 67.4 Å². The molecule has 3 heterocycles. The van der Waals surface area contributed by atoms with Gasteiger partial charge in [-0.25, -0.2) is 4.79 Å². The lowest BCUT2D eigenvalue weighted by Gasteiger charge is -2.41. The Morgan fingerprint density at radius 2 is 2.07 bits per heavy atom. The second-order valence-electron chi connectivity index (χ2n) is 7.73. The number of nitrogens with zero attached hydrogens (tertiary/aromatic N) is 2. The van der Waals surface area contributed by atoms with Gasteiger partial charge >= 0.3 is 6.03 Å². The molecule has 0 aliphatic carbocycles. The van der Waals surface area contributed by atoms with Crippen LogP contribution in [0.1, 0.15) is 36.1 Å². The molecule has 0 spiro atoms. The highest BCUT2D eigenvalue weighted by Gasteiger charge is 2.34. The van der Waals surface area contributed by atoms with E-state index in [1.165, 1.54) is 16.7 Å². The fourth-order valence-electron chi connectivity index (χ4n) is 4.43. The molecule has 1 saturated heterocycles. The van der Waals surface area contributed by atoms with Gasteiger partial charge in [0.05, 0.1) is 33.0 Å². The number of hydrogen-bond donors (Lipinski definition) is 1. The lowest BCUT2D eigenvalue weighted by molar-refractivity contribution is 0.0376. The molecule has 2 amide bonds. The first-order valence-corrected chi connectivity index (χ1v) is 10.8. The van der Waals surface area contributed by atoms with Crippen molar-refractivity contribution in [2.75, 3.05) is 46.6 Å². The number of carbonyl (C=O) groups is 1. The SMILES string of the molecule is CCOc1cc2c(cc1OC)CCN(C(=O)N1CCOCC1)C2CCc1cc[nH]c1. The molecular weight excluding hydrogens is 382 g/mol. The standard InChI is InChI=1S/C23H31N3O4/c1-3-30-22-15-19-18(14-21(22)28-2)7-9-26(23(27)25-10-12-29-13-11-25)20(19)5-4-17-6-8-24-16-17/h6,8,14-16,20,24H,3-5,7,9-13H2,1-2H3. The number of rotatable bonds is 6. The molecule has 2 aliphatic heterocycles. The number of aromatic nitrogens is 1. The van der Waals surface area contributed by atoms with Crippen LogP contribution in [-0.2, 0) is 17.6 Å². The zero-order chi connectivity index (χ0) is 20.9. The van der Waals surface area contributed by atoms with Crippen molar-refractivity contribution in [1.82, 2.24) is 14.8 Å². The number of H-pyrrole nitrogens is 1. The minimum atomic E-state index is 0.00380. The van der Waals surface area contributed by atoms with E-state index in [-0.39, 0.29) is 12.1 Å². The Hall–Kier alpha value is -2.67. The second-order valence-corrected chi connectivity index (χ2v) is 7.73. The Morgan fingerprint density at radius 1 is 1.23 bits per heavy atom. The number of benzene rings is 1. The Kier molecular flexibility index (Phi) is 6.47. The van der Waals surface area contributed by atoms with Gasteiger partial charge in [-0.3, -0.25) is 0 Å². The van der Waals surface area contributed by atoms with Crippen LogP contribution < -0.4 is 9.47 Å². The first-order valence-electron chi connectivity index (χ1n) is 10.8. The van der Waals surface area contributed by atoms with Crippen molar-refractivity contribution in [3.05, 3.63) is 47.3 Å². The monoisotopic (exact) mass is 413 g/mol. The Balaban J connectivity index is 1.65. The zero-order valence-corrected chi connectivity index (χ0v) is 17.9. The molecular formula is C23H31N3O4. The van der Waals surface area contributed by atoms with Crippen molar-refractivity contribution < 1.29 is 19.0 Å². The molecule has 7 heteroatoms. The average Bonchev–Trinajstić information content (AvgIpc) is 3.31. The van der Waals surface area contributed by atoms with E-state index in [0.717, 1.165) is 30.8 Å². The summed E-state index contributed by atoms with van der Waals surface area (Å²) >= 11 is 0. The fourth-order valence-corrected chi connectivity index (χ4v) is 4.43. The number of hydrogen-bond acceptors (Lipinski definition) is 4. The predicted octanol–water partition coefficient (Wildman–Crippen LogP) is 3.41. The fraction of sp³-hybridized carbons (Fsp3) is 0.522. The lowest BCUT2D eigenvalue weighted by Crippen LogP contribution is -2.51. The van der Waals surface area contributed by atoms with E-state index in [9.17, 15) is 4.79 Å². The number of amides is 2. The van der Waals surface area contributed by atoms with E-state index < -0.39 is 0 Å². The van der Waals surface area contributed by atoms with E-state index in [1.807, 2.05) is 29.1 Å². The Labute approximate surface area is 177 Å². The summed E-state index contributed by atoms with van der Waals surface area (Å²) in [4.78, 5) is 20.5. The van der Waals surface area contributed by atoms with Crippen LogP contribution in [0.15, 0.2) is 30.6 Å². The molecule has 1 fully saturated rings. The predicted molar refractivity (Wildman–Crippen MR) is 114 cm³/mol. The van der Waals surface area contributed by atoms with Crippen LogP contribution >= 0.6 is 0 Å². The van der Waals surface area contributed by atoms with Crippen LogP contribution in [0.25, 0.3) is 0 Å². The number of aryl methyl sites for hydroxylation is 1. The molecule has 1 atom stereocenters. The molecule has 1 N–H and O–H groups in total. The van der Waals surface area contributed by atoms with Gasteiger partial charge in [-0.15, -0.1) is 0 Å². The number of aromatic amines is 1. The van der Waals surface area contributed by atoms with Gasteiger partial charge in [0.1, 0.15) is 0 Å². The summed E-state index contributed by atoms with van der Waals surface area (Å²) < 4.78 is 16.8. The number of morpholine rings is 1. The third-order valence-corrected chi connectivity index (χ3v) is 5.98. The zero-order valence-electron chi connectivity index (χ0n) is 17.9. The normalized spacial score (nSPS) is 18.8. The molecule has 4 rings (SSSR count). The molecule has 1 unspecified atom stereocenters. The summed E-state index contributed by atoms with van der Waals surface area (Å²) in [5, 5.41) is 0. The van der Waals surface area contributed by atoms with Gasteiger partial charge in [0.15, 0.2) is 11.5 Å². The van der Waals surface area contributed by atoms with Crippen LogP contribution in [0.2, 0.25) is 0 Å². The summed E-state index contributed by atoms with van der Waals surface area (Å²) in [6.45, 7) is 5.76. The van der Waals surface area contributed by atoms with Crippen molar-refractivity contribution in [3.63, 3.8) is 0 Å². The van der Waals surface area contributed by atoms with E-state index >= 15 is 0 Å². The summed E-state index contributed by atoms with van der Waals surface area (Å²) in [6, 6.07) is 6.37. The molecule has 2 aliphatic rings. The minimum Gasteiger partial charge on any atom is -0.493 e. The van der Waals surface area contributed by atoms with Gasteiger partial charge in [-0.1, -0.05) is 0 Å². The third-order valence-electron chi connectivity index (χ3n) is 5.98. The summed E-state index contributed by atoms with van der Waals surface area (Å²) in [7, 11) is 1.67. The molecule has 2 aromatic rings. The van der Waals surface area contributed by atoms with Crippen LogP contribution in [0.3, 0.4) is 0 Å². The Morgan fingerprint density at radius 3 is 2.77 bits per heavy atom. The molecule has 7 nitrogen and oxygen atoms in total. The number of ether oxygens (including phenoxy) is 3. The maximum absolute atomic E-state index is 13.4. The van der Waals surface area contributed by atoms with Gasteiger partial charge in [0.2, 0.25) is 0 Å². The van der Waals surface area contributed by atoms with Crippen LogP contribution in [0.5, 0.6) is 11.5 Å². The van der Waals surface area contributed by atoms with Crippen LogP contribution in [0, 0.1) is 0 Å². The summed E-state index contributed by atoms with van der Waals surface area (Å²) in [5.74, 6) is 1.50. The van der Waals surface area contributed by atoms with Gasteiger partial charge in [0, 0.05) is 32.0 Å². The van der Waals surface area contributed by atoms with Crippen molar-refractivity contribution in [1.29, 1.82) is 0 Å². The van der Waals surface area contributed by atoms with E-state index in [4.69, 9.17) is 14.2 Å². The average molecular weight is 414 g/mol. The van der Waals surface area contributed by atoms with Crippen molar-refractivity contribution in [2.24, 2.45) is 0 Å². The van der Waals surface area contributed by atoms with Gasteiger partial charge in [-0.2, -0.15) is 0 Å². The van der Waals surface area contributed by atoms with Gasteiger partial charge in [0.25, 0.3) is 0 Å². The largest absolute Gasteiger partial charge is 0.493 e. The molecule has 0 radical (unpaired) electrons. The Bertz CT molecular complexity index is 846. The van der Waals surface area contributed by atoms with E-state index in [0.29, 0.717) is 39.5 Å². The maximum Gasteiger partial charge on any atom is 0.320 e. The quantitative estimate of drug-likeness (QED) is 0.788. The maximum atomic E-state index is 13.4. The highest BCUT2D eigenvalue weighted by Crippen LogP contribution is 2.40. The van der Waals surface area contributed by atoms with Crippen LogP contribution in [0.4, 0.5) is 4.79 Å². The third kappa shape index (κ3) is 4.26. The van der Waals surface area contributed by atoms with E-state index in [2.05, 4.69) is 23.2 Å². The number of urea groups is 1. The summed E-state index contributed by atoms with van der Waals surface area (Å²) in [6.07, 6.45) is 6.54. The van der Waals surface area contributed by atoms with E-state index in [1.54, 1.807) is 7.11 Å². The summed E-state index contributed by atoms with van der Waals surface area (Å²) in [5.41, 5.74) is 3.66. The van der Waals surface area contributed by atoms with Gasteiger partial charge in [-0.05, 0) is 61.1 Å². The topological polar surface area (TPSA) is 67.0 Å². The first kappa shape index (κ1) is 20.6. The number of methoxy groups -OCH3 is 1. The number of fused-ring (bicyclic) bond motifs is 1. The lowest BCUT2D eigenvalue weighted by atomic mass is 9.88. The molecule has 30 heavy (non-hydrogen) atoms. The van der Waals surface area contributed by atoms with Gasteiger partial charge < -0.3 is 29.0 Å². The van der Waals surface area contributed by atoms with Crippen molar-refractivity contribution in [3.8, 4) is 11.5 Å². The number of carbonyl (C=O) groups excluding carboxylic acids is 1. The second kappa shape index (κ2) is 9.43. The number of nitrogens with one attached hydrogen (secondary N) is 1. The first-order chi connectivity index (χ1) is 14.7. The highest BCUT2D eigenvalue weighted by molar-refractivity contribution is 5.76. The molecule has 0 bridgehead atoms. The highest BCUT2D eigenvalue weighted by atomic mass is 16.5. The van der Waals surface area contributed by atoms with Crippen molar-refractivity contribution in [2.45, 2.75) is 32.2 Å².